The molecule has 2 amide bonds. The van der Waals surface area contributed by atoms with Crippen molar-refractivity contribution in [2.75, 3.05) is 4.90 Å². The van der Waals surface area contributed by atoms with Gasteiger partial charge in [-0.15, -0.1) is 0 Å². The van der Waals surface area contributed by atoms with Gasteiger partial charge in [0.2, 0.25) is 0 Å². The van der Waals surface area contributed by atoms with Crippen molar-refractivity contribution in [3.63, 3.8) is 0 Å². The molecule has 106 valence electrons. The number of rotatable bonds is 4. The van der Waals surface area contributed by atoms with Crippen LogP contribution in [0.1, 0.15) is 13.3 Å². The minimum atomic E-state index is -0.241. The number of nitrogens with zero attached hydrogens (tertiary/aromatic N) is 2. The molecule has 0 radical (unpaired) electrons. The van der Waals surface area contributed by atoms with Crippen molar-refractivity contribution < 1.29 is 4.79 Å². The van der Waals surface area contributed by atoms with Crippen LogP contribution in [0.3, 0.4) is 0 Å². The molecule has 2 rings (SSSR count). The molecule has 0 aliphatic heterocycles. The van der Waals surface area contributed by atoms with Crippen molar-refractivity contribution in [2.24, 2.45) is 0 Å². The highest BCUT2D eigenvalue weighted by Crippen LogP contribution is 2.24. The van der Waals surface area contributed by atoms with Crippen LogP contribution in [0.15, 0.2) is 60.7 Å². The van der Waals surface area contributed by atoms with Gasteiger partial charge in [-0.1, -0.05) is 36.4 Å². The topological polar surface area (TPSA) is 56.1 Å². The first-order chi connectivity index (χ1) is 10.2. The normalized spacial score (nSPS) is 11.2. The molecule has 4 nitrogen and oxygen atoms in total. The molecule has 0 saturated carbocycles. The number of urea groups is 1. The Kier molecular flexibility index (Phi) is 4.94. The summed E-state index contributed by atoms with van der Waals surface area (Å²) in [5, 5.41) is 11.5. The number of benzene rings is 2. The summed E-state index contributed by atoms with van der Waals surface area (Å²) >= 11 is 0. The van der Waals surface area contributed by atoms with Crippen LogP contribution in [0.4, 0.5) is 16.2 Å². The minimum absolute atomic E-state index is 0.197. The van der Waals surface area contributed by atoms with Gasteiger partial charge in [0.1, 0.15) is 0 Å². The van der Waals surface area contributed by atoms with E-state index < -0.39 is 0 Å². The minimum Gasteiger partial charge on any atom is -0.334 e. The Morgan fingerprint density at radius 1 is 1.10 bits per heavy atom. The van der Waals surface area contributed by atoms with Crippen LogP contribution >= 0.6 is 0 Å². The largest absolute Gasteiger partial charge is 0.334 e. The van der Waals surface area contributed by atoms with Gasteiger partial charge in [-0.25, -0.2) is 4.79 Å². The highest BCUT2D eigenvalue weighted by molar-refractivity contribution is 5.99. The van der Waals surface area contributed by atoms with E-state index in [0.29, 0.717) is 0 Å². The first kappa shape index (κ1) is 14.6. The standard InChI is InChI=1S/C17H17N3O/c1-14(12-13-18)19-17(21)20(15-8-4-2-5-9-15)16-10-6-3-7-11-16/h2-11,14H,12H2,1H3,(H,19,21)/t14-/m1/s1. The molecule has 0 fully saturated rings. The predicted octanol–water partition coefficient (Wildman–Crippen LogP) is 3.84. The number of hydrogen-bond acceptors (Lipinski definition) is 2. The van der Waals surface area contributed by atoms with Crippen molar-refractivity contribution in [3.05, 3.63) is 60.7 Å². The third-order valence-electron chi connectivity index (χ3n) is 3.00. The van der Waals surface area contributed by atoms with Gasteiger partial charge in [-0.2, -0.15) is 5.26 Å². The van der Waals surface area contributed by atoms with E-state index in [1.807, 2.05) is 67.6 Å². The zero-order valence-corrected chi connectivity index (χ0v) is 11.9. The SMILES string of the molecule is C[C@H](CC#N)NC(=O)N(c1ccccc1)c1ccccc1. The fraction of sp³-hybridized carbons (Fsp3) is 0.176. The number of nitriles is 1. The van der Waals surface area contributed by atoms with Crippen LogP contribution in [0.5, 0.6) is 0 Å². The van der Waals surface area contributed by atoms with Crippen molar-refractivity contribution in [1.82, 2.24) is 5.32 Å². The Bertz CT molecular complexity index is 580. The fourth-order valence-corrected chi connectivity index (χ4v) is 2.00. The van der Waals surface area contributed by atoms with Gasteiger partial charge in [0.25, 0.3) is 0 Å². The molecule has 0 aromatic heterocycles. The highest BCUT2D eigenvalue weighted by Gasteiger charge is 2.19. The smallest absolute Gasteiger partial charge is 0.326 e. The van der Waals surface area contributed by atoms with Gasteiger partial charge < -0.3 is 5.32 Å². The second kappa shape index (κ2) is 7.11. The quantitative estimate of drug-likeness (QED) is 0.924. The highest BCUT2D eigenvalue weighted by atomic mass is 16.2. The fourth-order valence-electron chi connectivity index (χ4n) is 2.00. The van der Waals surface area contributed by atoms with Gasteiger partial charge in [0, 0.05) is 6.04 Å². The molecule has 1 N–H and O–H groups in total. The molecule has 0 saturated heterocycles. The summed E-state index contributed by atoms with van der Waals surface area (Å²) in [6.07, 6.45) is 0.281. The number of anilines is 2. The molecule has 0 spiro atoms. The summed E-state index contributed by atoms with van der Waals surface area (Å²) in [6.45, 7) is 1.81. The number of hydrogen-bond donors (Lipinski definition) is 1. The van der Waals surface area contributed by atoms with Gasteiger partial charge in [0.05, 0.1) is 23.9 Å². The third-order valence-corrected chi connectivity index (χ3v) is 3.00. The van der Waals surface area contributed by atoms with Crippen LogP contribution in [-0.4, -0.2) is 12.1 Å². The van der Waals surface area contributed by atoms with E-state index in [-0.39, 0.29) is 18.5 Å². The lowest BCUT2D eigenvalue weighted by Gasteiger charge is -2.24. The Morgan fingerprint density at radius 3 is 2.00 bits per heavy atom. The summed E-state index contributed by atoms with van der Waals surface area (Å²) in [7, 11) is 0. The van der Waals surface area contributed by atoms with Crippen molar-refractivity contribution in [1.29, 1.82) is 5.26 Å². The van der Waals surface area contributed by atoms with Crippen LogP contribution in [0.2, 0.25) is 0 Å². The number of nitrogens with one attached hydrogen (secondary N) is 1. The zero-order valence-electron chi connectivity index (χ0n) is 11.9. The summed E-state index contributed by atoms with van der Waals surface area (Å²) in [6, 6.07) is 20.5. The van der Waals surface area contributed by atoms with E-state index >= 15 is 0 Å². The summed E-state index contributed by atoms with van der Waals surface area (Å²) in [5.41, 5.74) is 1.57. The van der Waals surface area contributed by atoms with E-state index in [4.69, 9.17) is 5.26 Å². The Balaban J connectivity index is 2.29. The van der Waals surface area contributed by atoms with Crippen molar-refractivity contribution in [2.45, 2.75) is 19.4 Å². The maximum absolute atomic E-state index is 12.5. The van der Waals surface area contributed by atoms with Crippen molar-refractivity contribution in [3.8, 4) is 6.07 Å². The molecule has 2 aromatic rings. The number of para-hydroxylation sites is 2. The van der Waals surface area contributed by atoms with Gasteiger partial charge >= 0.3 is 6.03 Å². The van der Waals surface area contributed by atoms with Crippen LogP contribution in [0.25, 0.3) is 0 Å². The van der Waals surface area contributed by atoms with Crippen molar-refractivity contribution >= 4 is 17.4 Å². The average molecular weight is 279 g/mol. The Morgan fingerprint density at radius 2 is 1.57 bits per heavy atom. The lowest BCUT2D eigenvalue weighted by Crippen LogP contribution is -2.41. The molecule has 0 unspecified atom stereocenters. The Labute approximate surface area is 124 Å². The van der Waals surface area contributed by atoms with E-state index in [2.05, 4.69) is 11.4 Å². The molecule has 0 aliphatic carbocycles. The monoisotopic (exact) mass is 279 g/mol. The zero-order chi connectivity index (χ0) is 15.1. The Hall–Kier alpha value is -2.80. The molecule has 0 heterocycles. The van der Waals surface area contributed by atoms with E-state index in [1.54, 1.807) is 4.90 Å². The molecule has 0 aliphatic rings. The molecular formula is C17H17N3O. The number of amides is 2. The van der Waals surface area contributed by atoms with Gasteiger partial charge in [0.15, 0.2) is 0 Å². The van der Waals surface area contributed by atoms with Crippen LogP contribution in [-0.2, 0) is 0 Å². The first-order valence-electron chi connectivity index (χ1n) is 6.80. The number of carbonyl (C=O) groups excluding carboxylic acids is 1. The molecule has 4 heteroatoms. The second-order valence-electron chi connectivity index (χ2n) is 4.72. The maximum atomic E-state index is 12.5. The summed E-state index contributed by atoms with van der Waals surface area (Å²) in [5.74, 6) is 0. The summed E-state index contributed by atoms with van der Waals surface area (Å²) in [4.78, 5) is 14.1. The molecule has 21 heavy (non-hydrogen) atoms. The molecule has 0 bridgehead atoms. The molecule has 1 atom stereocenters. The lowest BCUT2D eigenvalue weighted by molar-refractivity contribution is 0.245. The number of carbonyl (C=O) groups is 1. The second-order valence-corrected chi connectivity index (χ2v) is 4.72. The van der Waals surface area contributed by atoms with Gasteiger partial charge in [-0.05, 0) is 31.2 Å². The molecular weight excluding hydrogens is 262 g/mol. The lowest BCUT2D eigenvalue weighted by atomic mass is 10.2. The molecule has 2 aromatic carbocycles. The summed E-state index contributed by atoms with van der Waals surface area (Å²) < 4.78 is 0. The van der Waals surface area contributed by atoms with Crippen LogP contribution < -0.4 is 10.2 Å². The maximum Gasteiger partial charge on any atom is 0.326 e. The predicted molar refractivity (Wildman–Crippen MR) is 83.2 cm³/mol. The van der Waals surface area contributed by atoms with E-state index in [9.17, 15) is 4.79 Å². The third kappa shape index (κ3) is 3.83. The van der Waals surface area contributed by atoms with E-state index in [0.717, 1.165) is 11.4 Å². The van der Waals surface area contributed by atoms with Crippen LogP contribution in [0, 0.1) is 11.3 Å². The average Bonchev–Trinajstić information content (AvgIpc) is 2.50. The first-order valence-corrected chi connectivity index (χ1v) is 6.80. The van der Waals surface area contributed by atoms with Gasteiger partial charge in [-0.3, -0.25) is 4.90 Å². The van der Waals surface area contributed by atoms with E-state index in [1.165, 1.54) is 0 Å².